The zero-order valence-corrected chi connectivity index (χ0v) is 12.2. The molecule has 8 nitrogen and oxygen atoms in total. The summed E-state index contributed by atoms with van der Waals surface area (Å²) >= 11 is 0. The highest BCUT2D eigenvalue weighted by Gasteiger charge is 2.33. The fourth-order valence-corrected chi connectivity index (χ4v) is 2.34. The van der Waals surface area contributed by atoms with Crippen molar-refractivity contribution in [1.29, 1.82) is 0 Å². The van der Waals surface area contributed by atoms with Crippen LogP contribution in [0.1, 0.15) is 20.3 Å². The molecule has 112 valence electrons. The fraction of sp³-hybridized carbons (Fsp3) is 0.538. The molecule has 1 aliphatic rings. The van der Waals surface area contributed by atoms with E-state index < -0.39 is 5.60 Å². The summed E-state index contributed by atoms with van der Waals surface area (Å²) in [6.07, 6.45) is 4.17. The summed E-state index contributed by atoms with van der Waals surface area (Å²) in [6, 6.07) is 1.82. The molecule has 3 heterocycles. The van der Waals surface area contributed by atoms with Crippen molar-refractivity contribution in [2.45, 2.75) is 25.9 Å². The number of β-amino-alcohol motifs (C(OH)–C–C–N with tert-alkyl or cyclic N) is 1. The van der Waals surface area contributed by atoms with Gasteiger partial charge < -0.3 is 15.3 Å². The quantitative estimate of drug-likeness (QED) is 0.844. The molecule has 1 unspecified atom stereocenters. The molecule has 1 aliphatic heterocycles. The predicted octanol–water partition coefficient (Wildman–Crippen LogP) is 0.450. The van der Waals surface area contributed by atoms with Gasteiger partial charge >= 0.3 is 0 Å². The van der Waals surface area contributed by atoms with Crippen LogP contribution in [-0.4, -0.2) is 55.1 Å². The smallest absolute Gasteiger partial charge is 0.257 e. The lowest BCUT2D eigenvalue weighted by atomic mass is 10.1. The minimum Gasteiger partial charge on any atom is -0.388 e. The zero-order valence-electron chi connectivity index (χ0n) is 12.2. The maximum atomic E-state index is 10.1. The third kappa shape index (κ3) is 2.94. The van der Waals surface area contributed by atoms with Gasteiger partial charge in [-0.2, -0.15) is 20.1 Å². The van der Waals surface area contributed by atoms with Crippen molar-refractivity contribution >= 4 is 11.9 Å². The molecule has 21 heavy (non-hydrogen) atoms. The van der Waals surface area contributed by atoms with Crippen LogP contribution in [0.4, 0.5) is 11.9 Å². The van der Waals surface area contributed by atoms with E-state index in [0.29, 0.717) is 30.8 Å². The molecule has 0 aliphatic carbocycles. The minimum atomic E-state index is -0.698. The molecule has 0 saturated carbocycles. The van der Waals surface area contributed by atoms with E-state index in [1.807, 2.05) is 24.8 Å². The number of aromatic nitrogens is 5. The van der Waals surface area contributed by atoms with Crippen molar-refractivity contribution in [3.63, 3.8) is 0 Å². The Morgan fingerprint density at radius 2 is 2.14 bits per heavy atom. The summed E-state index contributed by atoms with van der Waals surface area (Å²) in [5, 5.41) is 17.4. The second kappa shape index (κ2) is 5.28. The normalized spacial score (nSPS) is 21.8. The van der Waals surface area contributed by atoms with Crippen LogP contribution >= 0.6 is 0 Å². The number of anilines is 2. The largest absolute Gasteiger partial charge is 0.388 e. The average molecular weight is 289 g/mol. The van der Waals surface area contributed by atoms with Crippen LogP contribution in [0.15, 0.2) is 18.5 Å². The maximum absolute atomic E-state index is 10.1. The number of aliphatic hydroxyl groups is 1. The summed E-state index contributed by atoms with van der Waals surface area (Å²) in [5.74, 6) is 1.54. The maximum Gasteiger partial charge on any atom is 0.257 e. The van der Waals surface area contributed by atoms with Crippen LogP contribution < -0.4 is 10.2 Å². The second-order valence-electron chi connectivity index (χ2n) is 5.41. The molecular weight excluding hydrogens is 270 g/mol. The predicted molar refractivity (Wildman–Crippen MR) is 78.6 cm³/mol. The number of rotatable bonds is 4. The molecule has 1 atom stereocenters. The summed E-state index contributed by atoms with van der Waals surface area (Å²) in [4.78, 5) is 15.2. The Hall–Kier alpha value is -2.22. The van der Waals surface area contributed by atoms with Crippen LogP contribution in [0.5, 0.6) is 0 Å². The van der Waals surface area contributed by atoms with E-state index in [0.717, 1.165) is 13.1 Å². The van der Waals surface area contributed by atoms with Crippen molar-refractivity contribution in [2.75, 3.05) is 29.9 Å². The highest BCUT2D eigenvalue weighted by Crippen LogP contribution is 2.24. The van der Waals surface area contributed by atoms with Gasteiger partial charge in [-0.15, -0.1) is 0 Å². The van der Waals surface area contributed by atoms with Gasteiger partial charge in [0, 0.05) is 32.0 Å². The van der Waals surface area contributed by atoms with E-state index in [2.05, 4.69) is 25.4 Å². The Morgan fingerprint density at radius 1 is 1.33 bits per heavy atom. The molecule has 8 heteroatoms. The van der Waals surface area contributed by atoms with Gasteiger partial charge in [0.15, 0.2) is 0 Å². The first kappa shape index (κ1) is 13.7. The Morgan fingerprint density at radius 3 is 2.76 bits per heavy atom. The SMILES string of the molecule is CCNc1nc(N2CCC(C)(O)C2)nc(-n2cccn2)n1. The first-order valence-electron chi connectivity index (χ1n) is 7.05. The van der Waals surface area contributed by atoms with Crippen molar-refractivity contribution in [1.82, 2.24) is 24.7 Å². The summed E-state index contributed by atoms with van der Waals surface area (Å²) in [7, 11) is 0. The van der Waals surface area contributed by atoms with Crippen molar-refractivity contribution in [3.8, 4) is 5.95 Å². The Kier molecular flexibility index (Phi) is 3.46. The molecule has 1 saturated heterocycles. The lowest BCUT2D eigenvalue weighted by Gasteiger charge is -2.19. The van der Waals surface area contributed by atoms with Crippen molar-refractivity contribution < 1.29 is 5.11 Å². The topological polar surface area (TPSA) is 92.0 Å². The van der Waals surface area contributed by atoms with Gasteiger partial charge in [-0.3, -0.25) is 0 Å². The first-order chi connectivity index (χ1) is 10.1. The van der Waals surface area contributed by atoms with Crippen molar-refractivity contribution in [3.05, 3.63) is 18.5 Å². The van der Waals surface area contributed by atoms with Crippen molar-refractivity contribution in [2.24, 2.45) is 0 Å². The molecule has 0 radical (unpaired) electrons. The minimum absolute atomic E-state index is 0.465. The fourth-order valence-electron chi connectivity index (χ4n) is 2.34. The molecule has 2 aromatic heterocycles. The van der Waals surface area contributed by atoms with E-state index in [1.165, 1.54) is 0 Å². The lowest BCUT2D eigenvalue weighted by molar-refractivity contribution is 0.0838. The number of hydrogen-bond donors (Lipinski definition) is 2. The van der Waals surface area contributed by atoms with Gasteiger partial charge in [0.05, 0.1) is 5.60 Å². The van der Waals surface area contributed by atoms with Gasteiger partial charge in [0.25, 0.3) is 5.95 Å². The van der Waals surface area contributed by atoms with Crippen LogP contribution in [-0.2, 0) is 0 Å². The van der Waals surface area contributed by atoms with Crippen LogP contribution in [0.25, 0.3) is 5.95 Å². The highest BCUT2D eigenvalue weighted by atomic mass is 16.3. The third-order valence-electron chi connectivity index (χ3n) is 3.39. The molecule has 2 N–H and O–H groups in total. The Labute approximate surface area is 122 Å². The van der Waals surface area contributed by atoms with E-state index in [4.69, 9.17) is 0 Å². The van der Waals surface area contributed by atoms with E-state index >= 15 is 0 Å². The molecule has 0 amide bonds. The summed E-state index contributed by atoms with van der Waals surface area (Å²) < 4.78 is 1.60. The molecule has 0 aromatic carbocycles. The van der Waals surface area contributed by atoms with Crippen LogP contribution in [0.3, 0.4) is 0 Å². The van der Waals surface area contributed by atoms with E-state index in [1.54, 1.807) is 17.1 Å². The van der Waals surface area contributed by atoms with Crippen LogP contribution in [0.2, 0.25) is 0 Å². The Bertz CT molecular complexity index is 611. The lowest BCUT2D eigenvalue weighted by Crippen LogP contribution is -2.31. The molecule has 0 spiro atoms. The van der Waals surface area contributed by atoms with Gasteiger partial charge in [0.2, 0.25) is 11.9 Å². The number of nitrogens with zero attached hydrogens (tertiary/aromatic N) is 6. The number of nitrogens with one attached hydrogen (secondary N) is 1. The average Bonchev–Trinajstić information content (AvgIpc) is 3.08. The zero-order chi connectivity index (χ0) is 14.9. The molecule has 1 fully saturated rings. The van der Waals surface area contributed by atoms with E-state index in [9.17, 15) is 5.11 Å². The van der Waals surface area contributed by atoms with Gasteiger partial charge in [-0.05, 0) is 26.3 Å². The van der Waals surface area contributed by atoms with Gasteiger partial charge in [-0.25, -0.2) is 4.68 Å². The second-order valence-corrected chi connectivity index (χ2v) is 5.41. The first-order valence-corrected chi connectivity index (χ1v) is 7.05. The third-order valence-corrected chi connectivity index (χ3v) is 3.39. The van der Waals surface area contributed by atoms with E-state index in [-0.39, 0.29) is 0 Å². The molecule has 0 bridgehead atoms. The Balaban J connectivity index is 1.96. The standard InChI is InChI=1S/C13H19N7O/c1-3-14-10-16-11(19-8-5-13(2,21)9-19)18-12(17-10)20-7-4-6-15-20/h4,6-7,21H,3,5,8-9H2,1-2H3,(H,14,16,17,18). The summed E-state index contributed by atoms with van der Waals surface area (Å²) in [6.45, 7) is 5.77. The van der Waals surface area contributed by atoms with Gasteiger partial charge in [-0.1, -0.05) is 0 Å². The molecule has 2 aromatic rings. The monoisotopic (exact) mass is 289 g/mol. The molecule has 3 rings (SSSR count). The van der Waals surface area contributed by atoms with Gasteiger partial charge in [0.1, 0.15) is 0 Å². The highest BCUT2D eigenvalue weighted by molar-refractivity contribution is 5.41. The molecular formula is C13H19N7O. The summed E-state index contributed by atoms with van der Waals surface area (Å²) in [5.41, 5.74) is -0.698. The number of hydrogen-bond acceptors (Lipinski definition) is 7. The van der Waals surface area contributed by atoms with Crippen LogP contribution in [0, 0.1) is 0 Å².